The highest BCUT2D eigenvalue weighted by molar-refractivity contribution is 5.90. The van der Waals surface area contributed by atoms with Gasteiger partial charge in [0.2, 0.25) is 0 Å². The monoisotopic (exact) mass is 638 g/mol. The van der Waals surface area contributed by atoms with Gasteiger partial charge in [-0.1, -0.05) is 133 Å². The van der Waals surface area contributed by atoms with Gasteiger partial charge < -0.3 is 9.47 Å². The number of hydrogen-bond acceptors (Lipinski definition) is 4. The van der Waals surface area contributed by atoms with Crippen LogP contribution in [0.4, 0.5) is 0 Å². The molecule has 1 aliphatic rings. The van der Waals surface area contributed by atoms with E-state index in [9.17, 15) is 9.59 Å². The van der Waals surface area contributed by atoms with E-state index in [-0.39, 0.29) is 0 Å². The van der Waals surface area contributed by atoms with Crippen LogP contribution in [0.1, 0.15) is 36.1 Å². The van der Waals surface area contributed by atoms with Crippen LogP contribution in [0.2, 0.25) is 0 Å². The van der Waals surface area contributed by atoms with Gasteiger partial charge in [-0.3, -0.25) is 0 Å². The van der Waals surface area contributed by atoms with E-state index in [2.05, 4.69) is 72.8 Å². The van der Waals surface area contributed by atoms with Crippen LogP contribution in [0.15, 0.2) is 170 Å². The molecule has 0 spiro atoms. The van der Waals surface area contributed by atoms with Gasteiger partial charge in [-0.25, -0.2) is 9.59 Å². The van der Waals surface area contributed by atoms with E-state index >= 15 is 0 Å². The Morgan fingerprint density at radius 2 is 0.857 bits per heavy atom. The predicted octanol–water partition coefficient (Wildman–Crippen LogP) is 10.3. The summed E-state index contributed by atoms with van der Waals surface area (Å²) < 4.78 is 11.8. The third-order valence-corrected chi connectivity index (χ3v) is 8.97. The van der Waals surface area contributed by atoms with Crippen molar-refractivity contribution in [3.63, 3.8) is 0 Å². The van der Waals surface area contributed by atoms with Crippen molar-refractivity contribution < 1.29 is 19.1 Å². The lowest BCUT2D eigenvalue weighted by atomic mass is 9.67. The molecule has 238 valence electrons. The summed E-state index contributed by atoms with van der Waals surface area (Å²) in [5.41, 5.74) is 9.27. The van der Waals surface area contributed by atoms with Gasteiger partial charge in [0.05, 0.1) is 5.41 Å². The third kappa shape index (κ3) is 5.68. The molecule has 6 aromatic rings. The van der Waals surface area contributed by atoms with Crippen LogP contribution < -0.4 is 9.47 Å². The quantitative estimate of drug-likeness (QED) is 0.0944. The average molecular weight is 639 g/mol. The van der Waals surface area contributed by atoms with Crippen molar-refractivity contribution in [2.75, 3.05) is 0 Å². The van der Waals surface area contributed by atoms with Crippen LogP contribution >= 0.6 is 0 Å². The summed E-state index contributed by atoms with van der Waals surface area (Å²) in [6, 6.07) is 49.2. The van der Waals surface area contributed by atoms with Gasteiger partial charge >= 0.3 is 11.9 Å². The van der Waals surface area contributed by atoms with Gasteiger partial charge in [0, 0.05) is 23.3 Å². The van der Waals surface area contributed by atoms with E-state index in [0.717, 1.165) is 55.6 Å². The molecule has 0 heterocycles. The maximum Gasteiger partial charge on any atom is 0.335 e. The Morgan fingerprint density at radius 3 is 1.27 bits per heavy atom. The molecule has 1 aliphatic carbocycles. The second kappa shape index (κ2) is 13.5. The summed E-state index contributed by atoms with van der Waals surface area (Å²) in [6.45, 7) is 3.58. The van der Waals surface area contributed by atoms with Crippen molar-refractivity contribution in [3.8, 4) is 44.9 Å². The molecule has 0 bridgehead atoms. The molecule has 0 atom stereocenters. The first kappa shape index (κ1) is 31.3. The lowest BCUT2D eigenvalue weighted by Crippen LogP contribution is -2.29. The zero-order chi connectivity index (χ0) is 33.8. The van der Waals surface area contributed by atoms with Gasteiger partial charge in [-0.15, -0.1) is 0 Å². The SMILES string of the molecule is CC=CC(=O)Oc1ccc(C2(c3ccc(OC(=O)C=CC)c(-c4ccccc4)c3)c3ccccc3-c3ccccc32)cc1-c1ccccc1. The van der Waals surface area contributed by atoms with Gasteiger partial charge in [-0.05, 0) is 82.6 Å². The van der Waals surface area contributed by atoms with Crippen molar-refractivity contribution >= 4 is 11.9 Å². The van der Waals surface area contributed by atoms with Gasteiger partial charge in [0.1, 0.15) is 11.5 Å². The van der Waals surface area contributed by atoms with Gasteiger partial charge in [0.15, 0.2) is 0 Å². The van der Waals surface area contributed by atoms with Crippen LogP contribution in [0.5, 0.6) is 11.5 Å². The molecule has 4 nitrogen and oxygen atoms in total. The zero-order valence-electron chi connectivity index (χ0n) is 27.3. The second-order valence-electron chi connectivity index (χ2n) is 11.8. The molecule has 0 unspecified atom stereocenters. The molecule has 0 radical (unpaired) electrons. The van der Waals surface area contributed by atoms with Crippen molar-refractivity contribution in [1.82, 2.24) is 0 Å². The van der Waals surface area contributed by atoms with Crippen LogP contribution in [0.3, 0.4) is 0 Å². The first-order valence-electron chi connectivity index (χ1n) is 16.3. The maximum absolute atomic E-state index is 12.7. The van der Waals surface area contributed by atoms with E-state index in [1.54, 1.807) is 26.0 Å². The molecule has 0 fully saturated rings. The third-order valence-electron chi connectivity index (χ3n) is 8.97. The minimum absolute atomic E-state index is 0.436. The first-order valence-corrected chi connectivity index (χ1v) is 16.3. The normalized spacial score (nSPS) is 12.9. The maximum atomic E-state index is 12.7. The van der Waals surface area contributed by atoms with Gasteiger partial charge in [-0.2, -0.15) is 0 Å². The predicted molar refractivity (Wildman–Crippen MR) is 196 cm³/mol. The fraction of sp³-hybridized carbons (Fsp3) is 0.0667. The zero-order valence-corrected chi connectivity index (χ0v) is 27.3. The smallest absolute Gasteiger partial charge is 0.335 e. The minimum atomic E-state index is -0.766. The lowest BCUT2D eigenvalue weighted by molar-refractivity contribution is -0.129. The molecule has 7 rings (SSSR count). The Bertz CT molecular complexity index is 2070. The first-order chi connectivity index (χ1) is 24.0. The molecule has 6 aromatic carbocycles. The van der Waals surface area contributed by atoms with Crippen LogP contribution in [0, 0.1) is 0 Å². The largest absolute Gasteiger partial charge is 0.423 e. The fourth-order valence-electron chi connectivity index (χ4n) is 6.97. The highest BCUT2D eigenvalue weighted by Gasteiger charge is 2.46. The van der Waals surface area contributed by atoms with Crippen molar-refractivity contribution in [2.45, 2.75) is 19.3 Å². The number of ether oxygens (including phenoxy) is 2. The topological polar surface area (TPSA) is 52.6 Å². The number of benzene rings is 6. The number of carbonyl (C=O) groups is 2. The van der Waals surface area contributed by atoms with Crippen molar-refractivity contribution in [2.24, 2.45) is 0 Å². The fourth-order valence-corrected chi connectivity index (χ4v) is 6.97. The number of esters is 2. The van der Waals surface area contributed by atoms with E-state index in [0.29, 0.717) is 11.5 Å². The van der Waals surface area contributed by atoms with Crippen molar-refractivity contribution in [3.05, 3.63) is 192 Å². The second-order valence-corrected chi connectivity index (χ2v) is 11.8. The van der Waals surface area contributed by atoms with Crippen LogP contribution in [-0.4, -0.2) is 11.9 Å². The highest BCUT2D eigenvalue weighted by Crippen LogP contribution is 2.57. The molecule has 0 aliphatic heterocycles. The molecule has 0 N–H and O–H groups in total. The summed E-state index contributed by atoms with van der Waals surface area (Å²) in [4.78, 5) is 25.4. The molecule has 0 aromatic heterocycles. The summed E-state index contributed by atoms with van der Waals surface area (Å²) in [7, 11) is 0. The molecular weight excluding hydrogens is 604 g/mol. The lowest BCUT2D eigenvalue weighted by Gasteiger charge is -2.35. The molecule has 49 heavy (non-hydrogen) atoms. The number of hydrogen-bond donors (Lipinski definition) is 0. The van der Waals surface area contributed by atoms with E-state index in [1.807, 2.05) is 72.8 Å². The Kier molecular flexibility index (Phi) is 8.61. The molecule has 0 saturated carbocycles. The number of carbonyl (C=O) groups excluding carboxylic acids is 2. The summed E-state index contributed by atoms with van der Waals surface area (Å²) in [6.07, 6.45) is 6.18. The Balaban J connectivity index is 1.55. The summed E-state index contributed by atoms with van der Waals surface area (Å²) >= 11 is 0. The summed E-state index contributed by atoms with van der Waals surface area (Å²) in [5, 5.41) is 0. The highest BCUT2D eigenvalue weighted by atomic mass is 16.5. The standard InChI is InChI=1S/C45H34O4/c1-3-15-43(46)48-41-27-25-33(29-37(41)31-17-7-5-8-18-31)45(39-23-13-11-21-35(39)36-22-12-14-24-40(36)45)34-26-28-42(49-44(47)16-4-2)38(30-34)32-19-9-6-10-20-32/h3-30H,1-2H3. The number of rotatable bonds is 8. The minimum Gasteiger partial charge on any atom is -0.423 e. The van der Waals surface area contributed by atoms with E-state index in [1.165, 1.54) is 12.2 Å². The van der Waals surface area contributed by atoms with E-state index < -0.39 is 17.4 Å². The average Bonchev–Trinajstić information content (AvgIpc) is 3.44. The Labute approximate surface area is 286 Å². The van der Waals surface area contributed by atoms with Crippen LogP contribution in [0.25, 0.3) is 33.4 Å². The van der Waals surface area contributed by atoms with E-state index in [4.69, 9.17) is 9.47 Å². The number of fused-ring (bicyclic) bond motifs is 3. The summed E-state index contributed by atoms with van der Waals surface area (Å²) in [5.74, 6) is 0.0801. The molecule has 0 amide bonds. The van der Waals surface area contributed by atoms with Gasteiger partial charge in [0.25, 0.3) is 0 Å². The molecular formula is C45H34O4. The molecule has 0 saturated heterocycles. The Morgan fingerprint density at radius 1 is 0.469 bits per heavy atom. The number of allylic oxidation sites excluding steroid dienone is 2. The Hall–Kier alpha value is -6.26. The van der Waals surface area contributed by atoms with Crippen LogP contribution in [-0.2, 0) is 15.0 Å². The van der Waals surface area contributed by atoms with Crippen molar-refractivity contribution in [1.29, 1.82) is 0 Å². The molecule has 4 heteroatoms.